The molecule has 4 rings (SSSR count). The van der Waals surface area contributed by atoms with E-state index in [1.807, 2.05) is 19.1 Å². The van der Waals surface area contributed by atoms with E-state index in [4.69, 9.17) is 32.4 Å². The standard InChI is InChI=1S/C22H16Cl2N2O3/c1-12-4-3-5-16(20(12)28-2)21(27)25-14-7-9-19-18(11-14)26-22(29-19)15-8-6-13(23)10-17(15)24/h3-11H,1-2H3,(H,25,27). The van der Waals surface area contributed by atoms with Gasteiger partial charge in [-0.2, -0.15) is 0 Å². The number of carbonyl (C=O) groups excluding carboxylic acids is 1. The number of oxazole rings is 1. The van der Waals surface area contributed by atoms with Gasteiger partial charge in [0.05, 0.1) is 23.3 Å². The predicted molar refractivity (Wildman–Crippen MR) is 115 cm³/mol. The number of para-hydroxylation sites is 1. The number of nitrogens with zero attached hydrogens (tertiary/aromatic N) is 1. The van der Waals surface area contributed by atoms with Crippen LogP contribution in [0.2, 0.25) is 10.0 Å². The summed E-state index contributed by atoms with van der Waals surface area (Å²) in [6.07, 6.45) is 0. The van der Waals surface area contributed by atoms with Crippen LogP contribution in [0.25, 0.3) is 22.6 Å². The van der Waals surface area contributed by atoms with Gasteiger partial charge in [-0.3, -0.25) is 4.79 Å². The molecular weight excluding hydrogens is 411 g/mol. The van der Waals surface area contributed by atoms with E-state index in [9.17, 15) is 4.79 Å². The number of anilines is 1. The van der Waals surface area contributed by atoms with Gasteiger partial charge in [-0.15, -0.1) is 0 Å². The molecule has 0 bridgehead atoms. The number of benzene rings is 3. The largest absolute Gasteiger partial charge is 0.496 e. The molecule has 0 atom stereocenters. The topological polar surface area (TPSA) is 64.4 Å². The van der Waals surface area contributed by atoms with Crippen molar-refractivity contribution in [2.45, 2.75) is 6.92 Å². The van der Waals surface area contributed by atoms with Crippen LogP contribution in [0.15, 0.2) is 59.0 Å². The molecule has 0 unspecified atom stereocenters. The van der Waals surface area contributed by atoms with E-state index in [-0.39, 0.29) is 5.91 Å². The lowest BCUT2D eigenvalue weighted by molar-refractivity contribution is 0.102. The predicted octanol–water partition coefficient (Wildman–Crippen LogP) is 6.37. The molecule has 0 fully saturated rings. The third kappa shape index (κ3) is 3.79. The van der Waals surface area contributed by atoms with Gasteiger partial charge in [0.25, 0.3) is 5.91 Å². The first-order valence-corrected chi connectivity index (χ1v) is 9.53. The zero-order chi connectivity index (χ0) is 20.5. The first kappa shape index (κ1) is 19.3. The van der Waals surface area contributed by atoms with Gasteiger partial charge in [-0.1, -0.05) is 35.3 Å². The molecule has 3 aromatic carbocycles. The summed E-state index contributed by atoms with van der Waals surface area (Å²) in [7, 11) is 1.55. The molecule has 0 aliphatic heterocycles. The second-order valence-corrected chi connectivity index (χ2v) is 7.28. The van der Waals surface area contributed by atoms with E-state index in [2.05, 4.69) is 10.3 Å². The van der Waals surface area contributed by atoms with E-state index in [1.54, 1.807) is 49.6 Å². The summed E-state index contributed by atoms with van der Waals surface area (Å²) in [5.41, 5.74) is 3.76. The Kier molecular flexibility index (Phi) is 5.18. The minimum atomic E-state index is -0.269. The molecule has 29 heavy (non-hydrogen) atoms. The number of rotatable bonds is 4. The van der Waals surface area contributed by atoms with Crippen LogP contribution >= 0.6 is 23.2 Å². The monoisotopic (exact) mass is 426 g/mol. The highest BCUT2D eigenvalue weighted by Crippen LogP contribution is 2.33. The Hall–Kier alpha value is -3.02. The summed E-state index contributed by atoms with van der Waals surface area (Å²) in [6, 6.07) is 15.8. The fourth-order valence-electron chi connectivity index (χ4n) is 3.08. The summed E-state index contributed by atoms with van der Waals surface area (Å²) < 4.78 is 11.2. The Morgan fingerprint density at radius 1 is 1.10 bits per heavy atom. The number of methoxy groups -OCH3 is 1. The quantitative estimate of drug-likeness (QED) is 0.411. The van der Waals surface area contributed by atoms with Crippen molar-refractivity contribution >= 4 is 45.9 Å². The molecule has 1 N–H and O–H groups in total. The number of aromatic nitrogens is 1. The van der Waals surface area contributed by atoms with Crippen molar-refractivity contribution < 1.29 is 13.9 Å². The zero-order valence-electron chi connectivity index (χ0n) is 15.6. The van der Waals surface area contributed by atoms with Gasteiger partial charge in [0.15, 0.2) is 5.58 Å². The van der Waals surface area contributed by atoms with Crippen LogP contribution in [0.4, 0.5) is 5.69 Å². The molecule has 0 saturated heterocycles. The second kappa shape index (κ2) is 7.78. The fourth-order valence-corrected chi connectivity index (χ4v) is 3.57. The SMILES string of the molecule is COc1c(C)cccc1C(=O)Nc1ccc2oc(-c3ccc(Cl)cc3Cl)nc2c1. The van der Waals surface area contributed by atoms with E-state index >= 15 is 0 Å². The maximum absolute atomic E-state index is 12.7. The summed E-state index contributed by atoms with van der Waals surface area (Å²) in [5, 5.41) is 3.86. The lowest BCUT2D eigenvalue weighted by atomic mass is 10.1. The van der Waals surface area contributed by atoms with Crippen LogP contribution in [0.5, 0.6) is 5.75 Å². The Labute approximate surface area is 177 Å². The Morgan fingerprint density at radius 3 is 2.69 bits per heavy atom. The van der Waals surface area contributed by atoms with Crippen molar-refractivity contribution in [2.24, 2.45) is 0 Å². The average molecular weight is 427 g/mol. The van der Waals surface area contributed by atoms with E-state index < -0.39 is 0 Å². The van der Waals surface area contributed by atoms with Gasteiger partial charge in [0, 0.05) is 10.7 Å². The number of carbonyl (C=O) groups is 1. The van der Waals surface area contributed by atoms with Crippen LogP contribution in [-0.4, -0.2) is 18.0 Å². The number of halogens is 2. The van der Waals surface area contributed by atoms with E-state index in [1.165, 1.54) is 0 Å². The molecule has 0 aliphatic carbocycles. The van der Waals surface area contributed by atoms with Crippen LogP contribution in [0.1, 0.15) is 15.9 Å². The highest BCUT2D eigenvalue weighted by atomic mass is 35.5. The molecule has 4 aromatic rings. The molecule has 0 saturated carbocycles. The maximum Gasteiger partial charge on any atom is 0.259 e. The highest BCUT2D eigenvalue weighted by molar-refractivity contribution is 6.36. The van der Waals surface area contributed by atoms with Crippen molar-refractivity contribution in [1.82, 2.24) is 4.98 Å². The number of ether oxygens (including phenoxy) is 1. The molecular formula is C22H16Cl2N2O3. The molecule has 0 radical (unpaired) electrons. The molecule has 0 spiro atoms. The van der Waals surface area contributed by atoms with Gasteiger partial charge in [0.1, 0.15) is 11.3 Å². The van der Waals surface area contributed by atoms with Crippen LogP contribution in [-0.2, 0) is 0 Å². The number of nitrogens with one attached hydrogen (secondary N) is 1. The van der Waals surface area contributed by atoms with E-state index in [0.717, 1.165) is 5.56 Å². The number of hydrogen-bond acceptors (Lipinski definition) is 4. The Morgan fingerprint density at radius 2 is 1.93 bits per heavy atom. The lowest BCUT2D eigenvalue weighted by Gasteiger charge is -2.11. The average Bonchev–Trinajstić information content (AvgIpc) is 3.10. The molecule has 1 heterocycles. The number of hydrogen-bond donors (Lipinski definition) is 1. The van der Waals surface area contributed by atoms with Gasteiger partial charge in [0.2, 0.25) is 5.89 Å². The zero-order valence-corrected chi connectivity index (χ0v) is 17.1. The minimum absolute atomic E-state index is 0.269. The van der Waals surface area contributed by atoms with Crippen LogP contribution in [0, 0.1) is 6.92 Å². The highest BCUT2D eigenvalue weighted by Gasteiger charge is 2.16. The van der Waals surface area contributed by atoms with Crippen molar-refractivity contribution in [3.05, 3.63) is 75.8 Å². The van der Waals surface area contributed by atoms with Crippen molar-refractivity contribution in [2.75, 3.05) is 12.4 Å². The Bertz CT molecular complexity index is 1230. The number of amides is 1. The summed E-state index contributed by atoms with van der Waals surface area (Å²) in [6.45, 7) is 1.89. The first-order chi connectivity index (χ1) is 14.0. The van der Waals surface area contributed by atoms with Crippen molar-refractivity contribution in [3.8, 4) is 17.2 Å². The maximum atomic E-state index is 12.7. The molecule has 1 amide bonds. The van der Waals surface area contributed by atoms with Gasteiger partial charge in [-0.05, 0) is 55.0 Å². The summed E-state index contributed by atoms with van der Waals surface area (Å²) >= 11 is 12.2. The van der Waals surface area contributed by atoms with Crippen molar-refractivity contribution in [3.63, 3.8) is 0 Å². The number of aryl methyl sites for hydroxylation is 1. The van der Waals surface area contributed by atoms with Gasteiger partial charge < -0.3 is 14.5 Å². The van der Waals surface area contributed by atoms with Crippen molar-refractivity contribution in [1.29, 1.82) is 0 Å². The summed E-state index contributed by atoms with van der Waals surface area (Å²) in [4.78, 5) is 17.2. The Balaban J connectivity index is 1.64. The number of fused-ring (bicyclic) bond motifs is 1. The smallest absolute Gasteiger partial charge is 0.259 e. The second-order valence-electron chi connectivity index (χ2n) is 6.44. The molecule has 0 aliphatic rings. The molecule has 7 heteroatoms. The third-order valence-electron chi connectivity index (χ3n) is 4.47. The molecule has 1 aromatic heterocycles. The normalized spacial score (nSPS) is 10.9. The van der Waals surface area contributed by atoms with Crippen LogP contribution < -0.4 is 10.1 Å². The summed E-state index contributed by atoms with van der Waals surface area (Å²) in [5.74, 6) is 0.659. The third-order valence-corrected chi connectivity index (χ3v) is 5.02. The molecule has 5 nitrogen and oxygen atoms in total. The minimum Gasteiger partial charge on any atom is -0.496 e. The molecule has 146 valence electrons. The van der Waals surface area contributed by atoms with Crippen LogP contribution in [0.3, 0.4) is 0 Å². The van der Waals surface area contributed by atoms with Gasteiger partial charge in [-0.25, -0.2) is 4.98 Å². The van der Waals surface area contributed by atoms with Gasteiger partial charge >= 0.3 is 0 Å². The van der Waals surface area contributed by atoms with E-state index in [0.29, 0.717) is 49.6 Å². The first-order valence-electron chi connectivity index (χ1n) is 8.77. The fraction of sp³-hybridized carbons (Fsp3) is 0.0909. The lowest BCUT2D eigenvalue weighted by Crippen LogP contribution is -2.13.